The Morgan fingerprint density at radius 3 is 2.19 bits per heavy atom. The van der Waals surface area contributed by atoms with Crippen molar-refractivity contribution in [1.82, 2.24) is 0 Å². The number of primary amides is 1. The van der Waals surface area contributed by atoms with Gasteiger partial charge in [0.15, 0.2) is 0 Å². The first-order chi connectivity index (χ1) is 14.6. The van der Waals surface area contributed by atoms with Gasteiger partial charge in [0.05, 0.1) is 10.6 Å². The quantitative estimate of drug-likeness (QED) is 0.486. The summed E-state index contributed by atoms with van der Waals surface area (Å²) in [5.74, 6) is -2.33. The Bertz CT molecular complexity index is 1280. The van der Waals surface area contributed by atoms with E-state index in [2.05, 4.69) is 10.0 Å². The maximum Gasteiger partial charge on any atom is 0.263 e. The van der Waals surface area contributed by atoms with Crippen LogP contribution in [0.5, 0.6) is 0 Å². The summed E-state index contributed by atoms with van der Waals surface area (Å²) in [4.78, 5) is 23.4. The molecule has 0 spiro atoms. The van der Waals surface area contributed by atoms with Gasteiger partial charge in [0.1, 0.15) is 10.7 Å². The minimum Gasteiger partial charge on any atom is -0.366 e. The van der Waals surface area contributed by atoms with Crippen LogP contribution in [0.15, 0.2) is 65.6 Å². The summed E-state index contributed by atoms with van der Waals surface area (Å²) in [7, 11) is -4.01. The van der Waals surface area contributed by atoms with Crippen molar-refractivity contribution < 1.29 is 22.4 Å². The first-order valence-electron chi connectivity index (χ1n) is 8.55. The number of sulfonamides is 1. The Kier molecular flexibility index (Phi) is 6.49. The molecule has 11 heteroatoms. The lowest BCUT2D eigenvalue weighted by Crippen LogP contribution is -2.16. The molecule has 2 amide bonds. The van der Waals surface area contributed by atoms with Crippen molar-refractivity contribution in [3.05, 3.63) is 87.7 Å². The molecule has 0 heterocycles. The number of benzene rings is 3. The first-order valence-corrected chi connectivity index (χ1v) is 10.8. The number of carbonyl (C=O) groups is 2. The Balaban J connectivity index is 1.75. The molecule has 0 unspecified atom stereocenters. The number of hydrogen-bond donors (Lipinski definition) is 3. The predicted molar refractivity (Wildman–Crippen MR) is 117 cm³/mol. The average molecular weight is 482 g/mol. The zero-order chi connectivity index (χ0) is 22.8. The van der Waals surface area contributed by atoms with Crippen LogP contribution in [0.3, 0.4) is 0 Å². The van der Waals surface area contributed by atoms with E-state index in [9.17, 15) is 22.4 Å². The lowest BCUT2D eigenvalue weighted by Gasteiger charge is -2.11. The van der Waals surface area contributed by atoms with Gasteiger partial charge >= 0.3 is 0 Å². The first kappa shape index (κ1) is 22.5. The van der Waals surface area contributed by atoms with Gasteiger partial charge < -0.3 is 11.1 Å². The van der Waals surface area contributed by atoms with Crippen molar-refractivity contribution in [2.45, 2.75) is 4.90 Å². The number of nitrogens with two attached hydrogens (primary N) is 1. The van der Waals surface area contributed by atoms with Crippen molar-refractivity contribution in [1.29, 1.82) is 0 Å². The fourth-order valence-corrected chi connectivity index (χ4v) is 4.40. The highest BCUT2D eigenvalue weighted by molar-refractivity contribution is 7.92. The summed E-state index contributed by atoms with van der Waals surface area (Å²) in [5, 5.41) is 2.71. The van der Waals surface area contributed by atoms with Crippen LogP contribution in [-0.4, -0.2) is 20.2 Å². The summed E-state index contributed by atoms with van der Waals surface area (Å²) < 4.78 is 41.0. The molecule has 0 aromatic heterocycles. The number of carbonyl (C=O) groups excluding carboxylic acids is 2. The Labute approximate surface area is 187 Å². The van der Waals surface area contributed by atoms with E-state index in [0.29, 0.717) is 0 Å². The molecule has 4 N–H and O–H groups in total. The van der Waals surface area contributed by atoms with Crippen LogP contribution >= 0.6 is 23.2 Å². The van der Waals surface area contributed by atoms with E-state index in [1.165, 1.54) is 48.5 Å². The van der Waals surface area contributed by atoms with Gasteiger partial charge in [-0.15, -0.1) is 0 Å². The molecule has 0 aliphatic heterocycles. The van der Waals surface area contributed by atoms with Crippen molar-refractivity contribution in [2.24, 2.45) is 5.73 Å². The van der Waals surface area contributed by atoms with Gasteiger partial charge in [0, 0.05) is 22.0 Å². The van der Waals surface area contributed by atoms with E-state index in [-0.39, 0.29) is 37.4 Å². The van der Waals surface area contributed by atoms with Gasteiger partial charge in [-0.3, -0.25) is 14.3 Å². The molecule has 3 aromatic rings. The topological polar surface area (TPSA) is 118 Å². The van der Waals surface area contributed by atoms with Crippen molar-refractivity contribution in [3.63, 3.8) is 0 Å². The third kappa shape index (κ3) is 5.32. The lowest BCUT2D eigenvalue weighted by atomic mass is 10.1. The molecule has 0 saturated carbocycles. The zero-order valence-corrected chi connectivity index (χ0v) is 17.9. The fourth-order valence-electron chi connectivity index (χ4n) is 2.58. The predicted octanol–water partition coefficient (Wildman–Crippen LogP) is 4.28. The molecule has 160 valence electrons. The minimum absolute atomic E-state index is 0.00234. The second kappa shape index (κ2) is 8.93. The average Bonchev–Trinajstić information content (AvgIpc) is 2.71. The summed E-state index contributed by atoms with van der Waals surface area (Å²) in [6, 6.07) is 13.0. The van der Waals surface area contributed by atoms with Crippen LogP contribution in [0.1, 0.15) is 20.7 Å². The number of rotatable bonds is 6. The van der Waals surface area contributed by atoms with Crippen molar-refractivity contribution in [2.75, 3.05) is 10.0 Å². The van der Waals surface area contributed by atoms with E-state index in [1.54, 1.807) is 0 Å². The van der Waals surface area contributed by atoms with Crippen LogP contribution < -0.4 is 15.8 Å². The number of nitrogens with one attached hydrogen (secondary N) is 2. The summed E-state index contributed by atoms with van der Waals surface area (Å²) in [6.07, 6.45) is 0. The molecule has 0 radical (unpaired) electrons. The van der Waals surface area contributed by atoms with Gasteiger partial charge in [-0.05, 0) is 60.7 Å². The largest absolute Gasteiger partial charge is 0.366 e. The van der Waals surface area contributed by atoms with Crippen LogP contribution in [-0.2, 0) is 10.0 Å². The molecule has 0 atom stereocenters. The van der Waals surface area contributed by atoms with Gasteiger partial charge in [0.25, 0.3) is 21.8 Å². The molecule has 0 aliphatic rings. The SMILES string of the molecule is NC(=O)c1cc(NC(=O)c2ccc(NS(=O)(=O)c3cc(Cl)ccc3Cl)cc2)ccc1F. The van der Waals surface area contributed by atoms with Gasteiger partial charge in [-0.1, -0.05) is 23.2 Å². The molecule has 0 bridgehead atoms. The van der Waals surface area contributed by atoms with Gasteiger partial charge in [0.2, 0.25) is 0 Å². The third-order valence-electron chi connectivity index (χ3n) is 4.07. The number of hydrogen-bond acceptors (Lipinski definition) is 4. The molecule has 3 rings (SSSR count). The van der Waals surface area contributed by atoms with E-state index in [4.69, 9.17) is 28.9 Å². The molecule has 0 fully saturated rings. The number of amides is 2. The van der Waals surface area contributed by atoms with Crippen LogP contribution in [0.25, 0.3) is 0 Å². The molecular weight excluding hydrogens is 468 g/mol. The molecule has 7 nitrogen and oxygen atoms in total. The highest BCUT2D eigenvalue weighted by Gasteiger charge is 2.19. The van der Waals surface area contributed by atoms with E-state index in [1.807, 2.05) is 0 Å². The zero-order valence-electron chi connectivity index (χ0n) is 15.5. The Hall–Kier alpha value is -3.14. The lowest BCUT2D eigenvalue weighted by molar-refractivity contribution is 0.0992. The maximum atomic E-state index is 13.5. The monoisotopic (exact) mass is 481 g/mol. The van der Waals surface area contributed by atoms with Crippen LogP contribution in [0.2, 0.25) is 10.0 Å². The molecule has 0 aliphatic carbocycles. The molecular formula is C20H14Cl2FN3O4S. The van der Waals surface area contributed by atoms with Crippen LogP contribution in [0, 0.1) is 5.82 Å². The standard InChI is InChI=1S/C20H14Cl2FN3O4S/c21-12-3-7-16(22)18(9-12)31(29,30)26-13-4-1-11(2-5-13)20(28)25-14-6-8-17(23)15(10-14)19(24)27/h1-10,26H,(H2,24,27)(H,25,28). The normalized spacial score (nSPS) is 11.1. The number of halogens is 3. The van der Waals surface area contributed by atoms with Crippen molar-refractivity contribution >= 4 is 56.4 Å². The van der Waals surface area contributed by atoms with E-state index < -0.39 is 27.7 Å². The maximum absolute atomic E-state index is 13.5. The van der Waals surface area contributed by atoms with Gasteiger partial charge in [-0.25, -0.2) is 12.8 Å². The van der Waals surface area contributed by atoms with Crippen LogP contribution in [0.4, 0.5) is 15.8 Å². The summed E-state index contributed by atoms with van der Waals surface area (Å²) in [5.41, 5.74) is 5.27. The number of anilines is 2. The molecule has 31 heavy (non-hydrogen) atoms. The second-order valence-corrected chi connectivity index (χ2v) is 8.77. The minimum atomic E-state index is -4.01. The van der Waals surface area contributed by atoms with Crippen molar-refractivity contribution in [3.8, 4) is 0 Å². The highest BCUT2D eigenvalue weighted by Crippen LogP contribution is 2.27. The Morgan fingerprint density at radius 1 is 0.903 bits per heavy atom. The summed E-state index contributed by atoms with van der Waals surface area (Å²) >= 11 is 11.8. The molecule has 0 saturated heterocycles. The molecule has 3 aromatic carbocycles. The van der Waals surface area contributed by atoms with E-state index >= 15 is 0 Å². The highest BCUT2D eigenvalue weighted by atomic mass is 35.5. The smallest absolute Gasteiger partial charge is 0.263 e. The summed E-state index contributed by atoms with van der Waals surface area (Å²) in [6.45, 7) is 0. The fraction of sp³-hybridized carbons (Fsp3) is 0. The Morgan fingerprint density at radius 2 is 1.55 bits per heavy atom. The van der Waals surface area contributed by atoms with E-state index in [0.717, 1.165) is 12.1 Å². The van der Waals surface area contributed by atoms with Gasteiger partial charge in [-0.2, -0.15) is 0 Å². The second-order valence-electron chi connectivity index (χ2n) is 6.27. The third-order valence-corrected chi connectivity index (χ3v) is 6.17.